The lowest BCUT2D eigenvalue weighted by molar-refractivity contribution is 0.0957. The maximum absolute atomic E-state index is 11.4. The summed E-state index contributed by atoms with van der Waals surface area (Å²) in [7, 11) is 2.02. The third-order valence-electron chi connectivity index (χ3n) is 2.84. The van der Waals surface area contributed by atoms with Crippen LogP contribution in [0, 0.1) is 0 Å². The van der Waals surface area contributed by atoms with Gasteiger partial charge in [0, 0.05) is 23.0 Å². The summed E-state index contributed by atoms with van der Waals surface area (Å²) >= 11 is 7.59. The normalized spacial score (nSPS) is 10.8. The molecule has 1 aromatic carbocycles. The van der Waals surface area contributed by atoms with Gasteiger partial charge in [-0.1, -0.05) is 29.8 Å². The van der Waals surface area contributed by atoms with E-state index in [-0.39, 0.29) is 5.91 Å². The van der Waals surface area contributed by atoms with E-state index in [1.807, 2.05) is 37.4 Å². The summed E-state index contributed by atoms with van der Waals surface area (Å²) in [6.07, 6.45) is 0. The van der Waals surface area contributed by atoms with E-state index in [0.29, 0.717) is 4.88 Å². The smallest absolute Gasteiger partial charge is 0.275 e. The molecule has 0 bridgehead atoms. The number of nitrogens with zero attached hydrogens (tertiary/aromatic N) is 1. The monoisotopic (exact) mass is 309 g/mol. The van der Waals surface area contributed by atoms with E-state index in [1.165, 1.54) is 11.3 Å². The molecular weight excluding hydrogens is 294 g/mol. The van der Waals surface area contributed by atoms with Crippen molar-refractivity contribution in [3.63, 3.8) is 0 Å². The van der Waals surface area contributed by atoms with E-state index in [1.54, 1.807) is 6.07 Å². The third kappa shape index (κ3) is 3.80. The largest absolute Gasteiger partial charge is 0.297 e. The molecule has 0 unspecified atom stereocenters. The van der Waals surface area contributed by atoms with Crippen LogP contribution in [0.5, 0.6) is 0 Å². The summed E-state index contributed by atoms with van der Waals surface area (Å²) in [6, 6.07) is 11.5. The second-order valence-corrected chi connectivity index (χ2v) is 6.08. The fourth-order valence-electron chi connectivity index (χ4n) is 1.90. The SMILES string of the molecule is CN(Cc1ccc(C(=O)NN)s1)Cc1ccccc1Cl. The second-order valence-electron chi connectivity index (χ2n) is 4.50. The van der Waals surface area contributed by atoms with Crippen molar-refractivity contribution in [2.75, 3.05) is 7.05 Å². The quantitative estimate of drug-likeness (QED) is 0.507. The molecule has 1 amide bonds. The van der Waals surface area contributed by atoms with Crippen molar-refractivity contribution in [2.24, 2.45) is 5.84 Å². The van der Waals surface area contributed by atoms with Crippen LogP contribution in [-0.2, 0) is 13.1 Å². The fraction of sp³-hybridized carbons (Fsp3) is 0.214. The van der Waals surface area contributed by atoms with Gasteiger partial charge in [0.15, 0.2) is 0 Å². The highest BCUT2D eigenvalue weighted by Crippen LogP contribution is 2.20. The molecule has 0 spiro atoms. The lowest BCUT2D eigenvalue weighted by Crippen LogP contribution is -2.29. The van der Waals surface area contributed by atoms with E-state index in [2.05, 4.69) is 10.3 Å². The van der Waals surface area contributed by atoms with Crippen LogP contribution in [-0.4, -0.2) is 17.9 Å². The molecule has 0 atom stereocenters. The molecule has 1 heterocycles. The van der Waals surface area contributed by atoms with Crippen LogP contribution in [0.1, 0.15) is 20.1 Å². The molecule has 20 heavy (non-hydrogen) atoms. The van der Waals surface area contributed by atoms with E-state index < -0.39 is 0 Å². The number of thiophene rings is 1. The van der Waals surface area contributed by atoms with Gasteiger partial charge in [0.2, 0.25) is 0 Å². The number of hydrazine groups is 1. The van der Waals surface area contributed by atoms with E-state index in [0.717, 1.165) is 28.6 Å². The number of carbonyl (C=O) groups excluding carboxylic acids is 1. The molecule has 0 aliphatic heterocycles. The molecule has 0 aliphatic carbocycles. The van der Waals surface area contributed by atoms with E-state index >= 15 is 0 Å². The summed E-state index contributed by atoms with van der Waals surface area (Å²) < 4.78 is 0. The number of rotatable bonds is 5. The minimum Gasteiger partial charge on any atom is -0.297 e. The molecule has 3 N–H and O–H groups in total. The molecule has 2 rings (SSSR count). The Hall–Kier alpha value is -1.40. The molecular formula is C14H16ClN3OS. The Morgan fingerprint density at radius 1 is 1.30 bits per heavy atom. The minimum atomic E-state index is -0.255. The highest BCUT2D eigenvalue weighted by molar-refractivity contribution is 7.14. The molecule has 2 aromatic rings. The van der Waals surface area contributed by atoms with Crippen molar-refractivity contribution in [2.45, 2.75) is 13.1 Å². The van der Waals surface area contributed by atoms with Gasteiger partial charge in [-0.2, -0.15) is 0 Å². The van der Waals surface area contributed by atoms with E-state index in [4.69, 9.17) is 17.4 Å². The van der Waals surface area contributed by atoms with Gasteiger partial charge in [0.1, 0.15) is 0 Å². The number of carbonyl (C=O) groups is 1. The van der Waals surface area contributed by atoms with Crippen LogP contribution in [0.3, 0.4) is 0 Å². The third-order valence-corrected chi connectivity index (χ3v) is 4.28. The highest BCUT2D eigenvalue weighted by Gasteiger charge is 2.10. The lowest BCUT2D eigenvalue weighted by atomic mass is 10.2. The fourth-order valence-corrected chi connectivity index (χ4v) is 3.08. The zero-order valence-electron chi connectivity index (χ0n) is 11.1. The first-order valence-electron chi connectivity index (χ1n) is 6.11. The van der Waals surface area contributed by atoms with Gasteiger partial charge in [-0.15, -0.1) is 11.3 Å². The van der Waals surface area contributed by atoms with Crippen LogP contribution in [0.15, 0.2) is 36.4 Å². The number of hydrogen-bond donors (Lipinski definition) is 2. The summed E-state index contributed by atoms with van der Waals surface area (Å²) in [6.45, 7) is 1.52. The highest BCUT2D eigenvalue weighted by atomic mass is 35.5. The van der Waals surface area contributed by atoms with Crippen molar-refractivity contribution in [3.05, 3.63) is 56.7 Å². The van der Waals surface area contributed by atoms with Gasteiger partial charge < -0.3 is 0 Å². The summed E-state index contributed by atoms with van der Waals surface area (Å²) in [5.41, 5.74) is 3.23. The Balaban J connectivity index is 1.98. The van der Waals surface area contributed by atoms with Crippen molar-refractivity contribution >= 4 is 28.8 Å². The number of nitrogens with one attached hydrogen (secondary N) is 1. The van der Waals surface area contributed by atoms with Crippen LogP contribution < -0.4 is 11.3 Å². The van der Waals surface area contributed by atoms with Crippen molar-refractivity contribution in [3.8, 4) is 0 Å². The Morgan fingerprint density at radius 2 is 2.05 bits per heavy atom. The Kier molecular flexibility index (Phi) is 5.14. The van der Waals surface area contributed by atoms with Crippen molar-refractivity contribution in [1.29, 1.82) is 0 Å². The van der Waals surface area contributed by atoms with Gasteiger partial charge in [0.25, 0.3) is 5.91 Å². The summed E-state index contributed by atoms with van der Waals surface area (Å²) in [5.74, 6) is 4.86. The van der Waals surface area contributed by atoms with Crippen LogP contribution in [0.2, 0.25) is 5.02 Å². The molecule has 106 valence electrons. The molecule has 6 heteroatoms. The molecule has 0 saturated carbocycles. The molecule has 0 fully saturated rings. The lowest BCUT2D eigenvalue weighted by Gasteiger charge is -2.16. The molecule has 4 nitrogen and oxygen atoms in total. The van der Waals surface area contributed by atoms with Crippen LogP contribution >= 0.6 is 22.9 Å². The second kappa shape index (κ2) is 6.85. The average Bonchev–Trinajstić information content (AvgIpc) is 2.89. The van der Waals surface area contributed by atoms with Crippen molar-refractivity contribution < 1.29 is 4.79 Å². The first kappa shape index (κ1) is 15.0. The maximum atomic E-state index is 11.4. The maximum Gasteiger partial charge on any atom is 0.275 e. The number of hydrogen-bond acceptors (Lipinski definition) is 4. The van der Waals surface area contributed by atoms with Gasteiger partial charge >= 0.3 is 0 Å². The number of nitrogen functional groups attached to an aromatic ring is 1. The van der Waals surface area contributed by atoms with Gasteiger partial charge in [-0.05, 0) is 30.8 Å². The number of nitrogens with two attached hydrogens (primary N) is 1. The number of amides is 1. The van der Waals surface area contributed by atoms with Crippen LogP contribution in [0.4, 0.5) is 0 Å². The zero-order valence-corrected chi connectivity index (χ0v) is 12.7. The topological polar surface area (TPSA) is 58.4 Å². The first-order valence-corrected chi connectivity index (χ1v) is 7.31. The Bertz CT molecular complexity index is 600. The predicted octanol–water partition coefficient (Wildman–Crippen LogP) is 2.64. The first-order chi connectivity index (χ1) is 9.60. The number of benzene rings is 1. The predicted molar refractivity (Wildman–Crippen MR) is 82.6 cm³/mol. The van der Waals surface area contributed by atoms with E-state index in [9.17, 15) is 4.79 Å². The van der Waals surface area contributed by atoms with Gasteiger partial charge in [-0.25, -0.2) is 5.84 Å². The van der Waals surface area contributed by atoms with Crippen molar-refractivity contribution in [1.82, 2.24) is 10.3 Å². The van der Waals surface area contributed by atoms with Crippen LogP contribution in [0.25, 0.3) is 0 Å². The number of halogens is 1. The Morgan fingerprint density at radius 3 is 2.75 bits per heavy atom. The zero-order chi connectivity index (χ0) is 14.5. The van der Waals surface area contributed by atoms with Gasteiger partial charge in [-0.3, -0.25) is 15.1 Å². The minimum absolute atomic E-state index is 0.255. The van der Waals surface area contributed by atoms with Gasteiger partial charge in [0.05, 0.1) is 4.88 Å². The average molecular weight is 310 g/mol. The Labute approximate surface area is 127 Å². The standard InChI is InChI=1S/C14H16ClN3OS/c1-18(8-10-4-2-3-5-12(10)15)9-11-6-7-13(20-11)14(19)17-16/h2-7H,8-9,16H2,1H3,(H,17,19). The molecule has 0 saturated heterocycles. The molecule has 1 aromatic heterocycles. The molecule has 0 aliphatic rings. The summed E-state index contributed by atoms with van der Waals surface area (Å²) in [5, 5.41) is 0.772. The summed E-state index contributed by atoms with van der Waals surface area (Å²) in [4.78, 5) is 15.3. The molecule has 0 radical (unpaired) electrons.